The Morgan fingerprint density at radius 3 is 2.75 bits per heavy atom. The quantitative estimate of drug-likeness (QED) is 0.780. The summed E-state index contributed by atoms with van der Waals surface area (Å²) in [5, 5.41) is 3.57. The van der Waals surface area contributed by atoms with E-state index in [1.54, 1.807) is 0 Å². The zero-order chi connectivity index (χ0) is 13.9. The molecule has 1 heterocycles. The van der Waals surface area contributed by atoms with E-state index in [1.165, 1.54) is 55.3 Å². The molecule has 0 atom stereocenters. The van der Waals surface area contributed by atoms with E-state index in [2.05, 4.69) is 40.8 Å². The Bertz CT molecular complexity index is 581. The molecule has 1 aliphatic rings. The Kier molecular flexibility index (Phi) is 4.06. The van der Waals surface area contributed by atoms with Crippen LogP contribution < -0.4 is 5.32 Å². The molecule has 1 aliphatic carbocycles. The minimum atomic E-state index is 0.846. The molecule has 2 aromatic rings. The van der Waals surface area contributed by atoms with Crippen LogP contribution in [0.2, 0.25) is 0 Å². The average Bonchev–Trinajstić information content (AvgIpc) is 3.18. The minimum Gasteiger partial charge on any atom is -0.331 e. The molecule has 3 heteroatoms. The molecule has 1 aromatic heterocycles. The summed E-state index contributed by atoms with van der Waals surface area (Å²) in [6.45, 7) is 6.60. The van der Waals surface area contributed by atoms with Crippen molar-refractivity contribution in [1.82, 2.24) is 14.9 Å². The van der Waals surface area contributed by atoms with Crippen molar-refractivity contribution in [3.8, 4) is 0 Å². The molecule has 3 rings (SSSR count). The maximum atomic E-state index is 4.52. The maximum Gasteiger partial charge on any atom is 0.0958 e. The van der Waals surface area contributed by atoms with E-state index in [-0.39, 0.29) is 0 Å². The molecule has 0 bridgehead atoms. The van der Waals surface area contributed by atoms with Crippen molar-refractivity contribution in [1.29, 1.82) is 0 Å². The Hall–Kier alpha value is -1.35. The number of benzene rings is 1. The predicted molar refractivity (Wildman–Crippen MR) is 84.1 cm³/mol. The maximum absolute atomic E-state index is 4.52. The van der Waals surface area contributed by atoms with Crippen LogP contribution in [-0.2, 0) is 6.54 Å². The molecule has 3 nitrogen and oxygen atoms in total. The third-order valence-electron chi connectivity index (χ3n) is 4.32. The topological polar surface area (TPSA) is 29.9 Å². The first-order valence-corrected chi connectivity index (χ1v) is 7.89. The van der Waals surface area contributed by atoms with Crippen molar-refractivity contribution in [3.05, 3.63) is 29.6 Å². The molecule has 108 valence electrons. The first-order chi connectivity index (χ1) is 9.74. The number of unbranched alkanes of at least 4 members (excludes halogenated alkanes) is 2. The third kappa shape index (κ3) is 3.21. The summed E-state index contributed by atoms with van der Waals surface area (Å²) < 4.78 is 2.30. The largest absolute Gasteiger partial charge is 0.331 e. The van der Waals surface area contributed by atoms with Crippen molar-refractivity contribution in [3.63, 3.8) is 0 Å². The van der Waals surface area contributed by atoms with E-state index in [9.17, 15) is 0 Å². The molecule has 0 aliphatic heterocycles. The molecule has 1 saturated carbocycles. The standard InChI is InChI=1S/C17H25N3/c1-13-10-16-17(11-14(13)2)20(12-19-16)9-5-3-4-8-18-15-6-7-15/h10-12,15,18H,3-9H2,1-2H3. The number of hydrogen-bond acceptors (Lipinski definition) is 2. The first-order valence-electron chi connectivity index (χ1n) is 7.89. The van der Waals surface area contributed by atoms with Crippen LogP contribution in [0.4, 0.5) is 0 Å². The summed E-state index contributed by atoms with van der Waals surface area (Å²) in [4.78, 5) is 4.52. The Morgan fingerprint density at radius 1 is 1.15 bits per heavy atom. The van der Waals surface area contributed by atoms with Gasteiger partial charge in [-0.2, -0.15) is 0 Å². The van der Waals surface area contributed by atoms with Gasteiger partial charge >= 0.3 is 0 Å². The number of nitrogens with zero attached hydrogens (tertiary/aromatic N) is 2. The molecule has 0 radical (unpaired) electrons. The third-order valence-corrected chi connectivity index (χ3v) is 4.32. The molecule has 1 N–H and O–H groups in total. The van der Waals surface area contributed by atoms with Gasteiger partial charge in [-0.3, -0.25) is 0 Å². The summed E-state index contributed by atoms with van der Waals surface area (Å²) in [5.74, 6) is 0. The van der Waals surface area contributed by atoms with E-state index in [0.29, 0.717) is 0 Å². The lowest BCUT2D eigenvalue weighted by Crippen LogP contribution is -2.17. The van der Waals surface area contributed by atoms with Gasteiger partial charge in [-0.1, -0.05) is 6.42 Å². The van der Waals surface area contributed by atoms with Crippen molar-refractivity contribution < 1.29 is 0 Å². The van der Waals surface area contributed by atoms with Crippen LogP contribution in [0.1, 0.15) is 43.2 Å². The lowest BCUT2D eigenvalue weighted by atomic mass is 10.1. The van der Waals surface area contributed by atoms with E-state index >= 15 is 0 Å². The summed E-state index contributed by atoms with van der Waals surface area (Å²) in [6.07, 6.45) is 8.60. The average molecular weight is 271 g/mol. The molecule has 1 fully saturated rings. The second kappa shape index (κ2) is 5.96. The summed E-state index contributed by atoms with van der Waals surface area (Å²) in [7, 11) is 0. The molecule has 1 aromatic carbocycles. The number of aryl methyl sites for hydroxylation is 3. The molecular formula is C17H25N3. The van der Waals surface area contributed by atoms with Gasteiger partial charge in [-0.15, -0.1) is 0 Å². The molecular weight excluding hydrogens is 246 g/mol. The SMILES string of the molecule is Cc1cc2ncn(CCCCCNC3CC3)c2cc1C. The second-order valence-electron chi connectivity index (χ2n) is 6.15. The number of imidazole rings is 1. The zero-order valence-electron chi connectivity index (χ0n) is 12.7. The fraction of sp³-hybridized carbons (Fsp3) is 0.588. The number of nitrogens with one attached hydrogen (secondary N) is 1. The normalized spacial score (nSPS) is 15.1. The van der Waals surface area contributed by atoms with Crippen molar-refractivity contribution in [2.75, 3.05) is 6.54 Å². The van der Waals surface area contributed by atoms with Crippen LogP contribution in [0.25, 0.3) is 11.0 Å². The fourth-order valence-corrected chi connectivity index (χ4v) is 2.67. The summed E-state index contributed by atoms with van der Waals surface area (Å²) in [6, 6.07) is 5.31. The monoisotopic (exact) mass is 271 g/mol. The Balaban J connectivity index is 1.50. The Morgan fingerprint density at radius 2 is 1.95 bits per heavy atom. The molecule has 0 amide bonds. The summed E-state index contributed by atoms with van der Waals surface area (Å²) >= 11 is 0. The minimum absolute atomic E-state index is 0.846. The lowest BCUT2D eigenvalue weighted by Gasteiger charge is -2.06. The molecule has 0 spiro atoms. The van der Waals surface area contributed by atoms with Crippen LogP contribution in [0.5, 0.6) is 0 Å². The Labute approximate surface area is 121 Å². The van der Waals surface area contributed by atoms with Gasteiger partial charge in [0.1, 0.15) is 0 Å². The highest BCUT2D eigenvalue weighted by Gasteiger charge is 2.19. The van der Waals surface area contributed by atoms with Gasteiger partial charge in [0.05, 0.1) is 17.4 Å². The highest BCUT2D eigenvalue weighted by molar-refractivity contribution is 5.77. The van der Waals surface area contributed by atoms with Crippen molar-refractivity contribution in [2.45, 2.75) is 58.5 Å². The fourth-order valence-electron chi connectivity index (χ4n) is 2.67. The van der Waals surface area contributed by atoms with Gasteiger partial charge in [0.25, 0.3) is 0 Å². The van der Waals surface area contributed by atoms with Gasteiger partial charge < -0.3 is 9.88 Å². The van der Waals surface area contributed by atoms with Crippen LogP contribution in [0, 0.1) is 13.8 Å². The van der Waals surface area contributed by atoms with E-state index in [4.69, 9.17) is 0 Å². The van der Waals surface area contributed by atoms with Crippen LogP contribution in [0.15, 0.2) is 18.5 Å². The molecule has 20 heavy (non-hydrogen) atoms. The van der Waals surface area contributed by atoms with Gasteiger partial charge in [0.15, 0.2) is 0 Å². The van der Waals surface area contributed by atoms with Gasteiger partial charge in [-0.25, -0.2) is 4.98 Å². The number of aromatic nitrogens is 2. The highest BCUT2D eigenvalue weighted by atomic mass is 15.0. The first kappa shape index (κ1) is 13.6. The molecule has 0 saturated heterocycles. The molecule has 0 unspecified atom stereocenters. The second-order valence-corrected chi connectivity index (χ2v) is 6.15. The smallest absolute Gasteiger partial charge is 0.0958 e. The van der Waals surface area contributed by atoms with E-state index < -0.39 is 0 Å². The van der Waals surface area contributed by atoms with Crippen molar-refractivity contribution >= 4 is 11.0 Å². The van der Waals surface area contributed by atoms with Crippen LogP contribution in [-0.4, -0.2) is 22.1 Å². The van der Waals surface area contributed by atoms with Gasteiger partial charge in [0.2, 0.25) is 0 Å². The van der Waals surface area contributed by atoms with E-state index in [0.717, 1.165) is 18.1 Å². The lowest BCUT2D eigenvalue weighted by molar-refractivity contribution is 0.563. The van der Waals surface area contributed by atoms with Crippen LogP contribution >= 0.6 is 0 Å². The van der Waals surface area contributed by atoms with Crippen LogP contribution in [0.3, 0.4) is 0 Å². The number of rotatable bonds is 7. The zero-order valence-corrected chi connectivity index (χ0v) is 12.7. The van der Waals surface area contributed by atoms with Crippen molar-refractivity contribution in [2.24, 2.45) is 0 Å². The van der Waals surface area contributed by atoms with Gasteiger partial charge in [0, 0.05) is 12.6 Å². The number of fused-ring (bicyclic) bond motifs is 1. The van der Waals surface area contributed by atoms with Gasteiger partial charge in [-0.05, 0) is 69.3 Å². The predicted octanol–water partition coefficient (Wildman–Crippen LogP) is 3.58. The summed E-state index contributed by atoms with van der Waals surface area (Å²) in [5.41, 5.74) is 5.09. The van der Waals surface area contributed by atoms with E-state index in [1.807, 2.05) is 6.33 Å². The number of hydrogen-bond donors (Lipinski definition) is 1. The highest BCUT2D eigenvalue weighted by Crippen LogP contribution is 2.19.